The van der Waals surface area contributed by atoms with E-state index in [0.29, 0.717) is 23.5 Å². The molecule has 0 aliphatic heterocycles. The molecule has 2 rings (SSSR count). The number of rotatable bonds is 3. The van der Waals surface area contributed by atoms with Gasteiger partial charge in [0.1, 0.15) is 12.0 Å². The third-order valence-corrected chi connectivity index (χ3v) is 2.45. The Morgan fingerprint density at radius 1 is 1.16 bits per heavy atom. The van der Waals surface area contributed by atoms with Crippen molar-refractivity contribution in [3.63, 3.8) is 0 Å². The van der Waals surface area contributed by atoms with Gasteiger partial charge in [0.05, 0.1) is 17.9 Å². The van der Waals surface area contributed by atoms with E-state index in [4.69, 9.17) is 11.8 Å². The maximum atomic E-state index is 12.4. The van der Waals surface area contributed by atoms with Crippen molar-refractivity contribution in [2.24, 2.45) is 0 Å². The van der Waals surface area contributed by atoms with Gasteiger partial charge in [0.25, 0.3) is 0 Å². The summed E-state index contributed by atoms with van der Waals surface area (Å²) in [6, 6.07) is 3.85. The number of aromatic nitrogens is 3. The molecule has 0 aromatic carbocycles. The molecule has 1 N–H and O–H groups in total. The fourth-order valence-corrected chi connectivity index (χ4v) is 1.57. The molecule has 8 heteroatoms. The van der Waals surface area contributed by atoms with Crippen LogP contribution in [-0.4, -0.2) is 15.0 Å². The van der Waals surface area contributed by atoms with Crippen molar-refractivity contribution in [2.75, 3.05) is 0 Å². The van der Waals surface area contributed by atoms with Crippen LogP contribution >= 0.6 is 11.8 Å². The summed E-state index contributed by atoms with van der Waals surface area (Å²) in [4.78, 5) is 13.7. The molecule has 100 valence electrons. The van der Waals surface area contributed by atoms with Crippen LogP contribution in [0.15, 0.2) is 30.7 Å². The van der Waals surface area contributed by atoms with Crippen molar-refractivity contribution < 1.29 is 13.2 Å². The first-order valence-corrected chi connectivity index (χ1v) is 5.56. The first-order chi connectivity index (χ1) is 9.00. The molecule has 0 fully saturated rings. The quantitative estimate of drug-likeness (QED) is 0.883. The fraction of sp³-hybridized carbons (Fsp3) is 0.182. The van der Waals surface area contributed by atoms with Crippen molar-refractivity contribution in [2.45, 2.75) is 12.7 Å². The molecule has 0 bridgehead atoms. The van der Waals surface area contributed by atoms with Gasteiger partial charge in [-0.15, -0.1) is 0 Å². The van der Waals surface area contributed by atoms with Gasteiger partial charge in [0.2, 0.25) is 0 Å². The van der Waals surface area contributed by atoms with Crippen molar-refractivity contribution in [1.82, 2.24) is 19.8 Å². The molecule has 0 spiro atoms. The lowest BCUT2D eigenvalue weighted by Crippen LogP contribution is -2.07. The molecule has 0 radical (unpaired) electrons. The Kier molecular flexibility index (Phi) is 3.96. The maximum absolute atomic E-state index is 12.4. The molecule has 0 aliphatic rings. The van der Waals surface area contributed by atoms with Crippen LogP contribution in [0, 0.1) is 0 Å². The third-order valence-electron chi connectivity index (χ3n) is 2.32. The second kappa shape index (κ2) is 5.50. The van der Waals surface area contributed by atoms with Crippen LogP contribution in [0.4, 0.5) is 13.2 Å². The summed E-state index contributed by atoms with van der Waals surface area (Å²) in [5.74, 6) is 0. The number of pyridine rings is 1. The van der Waals surface area contributed by atoms with Crippen LogP contribution in [-0.2, 0) is 12.7 Å². The predicted octanol–water partition coefficient (Wildman–Crippen LogP) is 2.80. The van der Waals surface area contributed by atoms with Gasteiger partial charge in [-0.05, 0) is 30.0 Å². The van der Waals surface area contributed by atoms with Gasteiger partial charge in [-0.1, -0.05) is 0 Å². The summed E-state index contributed by atoms with van der Waals surface area (Å²) in [6.07, 6.45) is -2.00. The second-order valence-corrected chi connectivity index (χ2v) is 3.90. The highest BCUT2D eigenvalue weighted by molar-refractivity contribution is 6.13. The van der Waals surface area contributed by atoms with E-state index in [-0.39, 0.29) is 0 Å². The largest absolute Gasteiger partial charge is 0.433 e. The average molecular weight is 289 g/mol. The van der Waals surface area contributed by atoms with Gasteiger partial charge in [-0.3, -0.25) is 4.98 Å². The van der Waals surface area contributed by atoms with Crippen LogP contribution in [0.5, 0.6) is 0 Å². The Bertz CT molecular complexity index is 557. The summed E-state index contributed by atoms with van der Waals surface area (Å²) < 4.78 is 37.1. The van der Waals surface area contributed by atoms with E-state index in [1.807, 2.05) is 0 Å². The molecule has 19 heavy (non-hydrogen) atoms. The Morgan fingerprint density at radius 2 is 1.95 bits per heavy atom. The summed E-state index contributed by atoms with van der Waals surface area (Å²) in [6.45, 7) is 0.325. The van der Waals surface area contributed by atoms with Crippen molar-refractivity contribution >= 4 is 11.8 Å². The minimum atomic E-state index is -4.45. The van der Waals surface area contributed by atoms with Crippen LogP contribution in [0.3, 0.4) is 0 Å². The van der Waals surface area contributed by atoms with Gasteiger partial charge < -0.3 is 0 Å². The zero-order valence-electron chi connectivity index (χ0n) is 9.45. The number of alkyl halides is 3. The Labute approximate surface area is 111 Å². The molecule has 0 aliphatic carbocycles. The van der Waals surface area contributed by atoms with Crippen LogP contribution in [0.25, 0.3) is 11.3 Å². The number of nitrogens with zero attached hydrogens (tertiary/aromatic N) is 3. The van der Waals surface area contributed by atoms with Gasteiger partial charge in [-0.25, -0.2) is 14.8 Å². The van der Waals surface area contributed by atoms with Gasteiger partial charge in [0, 0.05) is 11.8 Å². The number of nitrogens with one attached hydrogen (secondary N) is 1. The van der Waals surface area contributed by atoms with E-state index < -0.39 is 11.9 Å². The first-order valence-electron chi connectivity index (χ1n) is 5.19. The van der Waals surface area contributed by atoms with Gasteiger partial charge in [0.15, 0.2) is 0 Å². The zero-order chi connectivity index (χ0) is 13.9. The summed E-state index contributed by atoms with van der Waals surface area (Å²) in [5, 5.41) is 0. The molecular weight excluding hydrogens is 281 g/mol. The number of hydrogen-bond donors (Lipinski definition) is 1. The number of halogens is 4. The minimum Gasteiger partial charge on any atom is -0.251 e. The standard InChI is InChI=1S/C11H8ClF3N4/c12-19-5-8-3-9(18-6-17-8)7-1-2-10(16-4-7)11(13,14)15/h1-4,6,19H,5H2. The summed E-state index contributed by atoms with van der Waals surface area (Å²) >= 11 is 5.36. The third kappa shape index (κ3) is 3.39. The van der Waals surface area contributed by atoms with E-state index in [9.17, 15) is 13.2 Å². The molecule has 0 saturated heterocycles. The van der Waals surface area contributed by atoms with Gasteiger partial charge in [-0.2, -0.15) is 13.2 Å². The molecule has 4 nitrogen and oxygen atoms in total. The molecule has 2 aromatic heterocycles. The van der Waals surface area contributed by atoms with Crippen molar-refractivity contribution in [3.05, 3.63) is 42.1 Å². The van der Waals surface area contributed by atoms with Crippen LogP contribution in [0.2, 0.25) is 0 Å². The average Bonchev–Trinajstić information content (AvgIpc) is 2.39. The molecule has 2 heterocycles. The lowest BCUT2D eigenvalue weighted by atomic mass is 10.1. The highest BCUT2D eigenvalue weighted by atomic mass is 35.5. The Balaban J connectivity index is 2.29. The van der Waals surface area contributed by atoms with Gasteiger partial charge >= 0.3 is 6.18 Å². The topological polar surface area (TPSA) is 50.7 Å². The lowest BCUT2D eigenvalue weighted by molar-refractivity contribution is -0.141. The monoisotopic (exact) mass is 288 g/mol. The second-order valence-electron chi connectivity index (χ2n) is 3.63. The van der Waals surface area contributed by atoms with Crippen molar-refractivity contribution in [3.8, 4) is 11.3 Å². The minimum absolute atomic E-state index is 0.325. The summed E-state index contributed by atoms with van der Waals surface area (Å²) in [7, 11) is 0. The molecule has 0 amide bonds. The van der Waals surface area contributed by atoms with Crippen LogP contribution < -0.4 is 4.84 Å². The summed E-state index contributed by atoms with van der Waals surface area (Å²) in [5.41, 5.74) is 0.650. The Morgan fingerprint density at radius 3 is 2.53 bits per heavy atom. The molecular formula is C11H8ClF3N4. The zero-order valence-corrected chi connectivity index (χ0v) is 10.2. The smallest absolute Gasteiger partial charge is 0.251 e. The molecule has 2 aromatic rings. The lowest BCUT2D eigenvalue weighted by Gasteiger charge is -2.06. The molecule has 0 unspecified atom stereocenters. The SMILES string of the molecule is FC(F)(F)c1ccc(-c2cc(CNCl)ncn2)cn1. The van der Waals surface area contributed by atoms with E-state index in [2.05, 4.69) is 19.8 Å². The molecule has 0 atom stereocenters. The molecule has 0 saturated carbocycles. The first kappa shape index (κ1) is 13.7. The van der Waals surface area contributed by atoms with Crippen molar-refractivity contribution in [1.29, 1.82) is 0 Å². The fourth-order valence-electron chi connectivity index (χ4n) is 1.43. The Hall–Kier alpha value is -1.73. The van der Waals surface area contributed by atoms with Crippen LogP contribution in [0.1, 0.15) is 11.4 Å². The normalized spacial score (nSPS) is 11.6. The van der Waals surface area contributed by atoms with E-state index >= 15 is 0 Å². The van der Waals surface area contributed by atoms with E-state index in [1.165, 1.54) is 12.4 Å². The highest BCUT2D eigenvalue weighted by Crippen LogP contribution is 2.28. The van der Waals surface area contributed by atoms with E-state index in [1.54, 1.807) is 6.07 Å². The maximum Gasteiger partial charge on any atom is 0.433 e. The highest BCUT2D eigenvalue weighted by Gasteiger charge is 2.32. The predicted molar refractivity (Wildman–Crippen MR) is 63.0 cm³/mol. The van der Waals surface area contributed by atoms with E-state index in [0.717, 1.165) is 12.3 Å². The number of hydrogen-bond acceptors (Lipinski definition) is 4.